The van der Waals surface area contributed by atoms with Gasteiger partial charge in [-0.05, 0) is 50.0 Å². The molecule has 0 aromatic rings. The molecule has 1 saturated heterocycles. The smallest absolute Gasteiger partial charge is 0.0900 e. The third-order valence-corrected chi connectivity index (χ3v) is 6.21. The summed E-state index contributed by atoms with van der Waals surface area (Å²) in [6, 6.07) is 0. The minimum absolute atomic E-state index is 0.326. The van der Waals surface area contributed by atoms with Crippen molar-refractivity contribution in [2.24, 2.45) is 17.8 Å². The zero-order valence-electron chi connectivity index (χ0n) is 14.3. The molecule has 0 spiro atoms. The first kappa shape index (κ1) is 16.7. The highest BCUT2D eigenvalue weighted by molar-refractivity contribution is 4.89. The lowest BCUT2D eigenvalue weighted by molar-refractivity contribution is 0.00276. The Morgan fingerprint density at radius 1 is 1.09 bits per heavy atom. The van der Waals surface area contributed by atoms with Crippen LogP contribution in [0.2, 0.25) is 0 Å². The second kappa shape index (κ2) is 8.09. The predicted molar refractivity (Wildman–Crippen MR) is 88.9 cm³/mol. The van der Waals surface area contributed by atoms with E-state index in [4.69, 9.17) is 4.74 Å². The van der Waals surface area contributed by atoms with E-state index in [9.17, 15) is 5.11 Å². The Morgan fingerprint density at radius 2 is 1.86 bits per heavy atom. The van der Waals surface area contributed by atoms with Gasteiger partial charge in [0.05, 0.1) is 12.7 Å². The monoisotopic (exact) mass is 310 g/mol. The van der Waals surface area contributed by atoms with Crippen LogP contribution in [0.4, 0.5) is 0 Å². The lowest BCUT2D eigenvalue weighted by atomic mass is 9.87. The van der Waals surface area contributed by atoms with Gasteiger partial charge in [-0.15, -0.1) is 0 Å². The molecular weight excluding hydrogens is 276 g/mol. The SMILES string of the molecule is CCN1CCN(C[C@@H](O)COCC[C@H]2C[C@H]3CC[C@H]2C3)CC1. The molecule has 0 amide bonds. The number of nitrogens with zero attached hydrogens (tertiary/aromatic N) is 2. The minimum Gasteiger partial charge on any atom is -0.389 e. The highest BCUT2D eigenvalue weighted by Gasteiger charge is 2.38. The number of ether oxygens (including phenoxy) is 1. The Balaban J connectivity index is 1.23. The number of piperazine rings is 1. The highest BCUT2D eigenvalue weighted by Crippen LogP contribution is 2.49. The summed E-state index contributed by atoms with van der Waals surface area (Å²) < 4.78 is 5.76. The van der Waals surface area contributed by atoms with Gasteiger partial charge >= 0.3 is 0 Å². The number of likely N-dealkylation sites (N-methyl/N-ethyl adjacent to an activating group) is 1. The number of β-amino-alcohol motifs (C(OH)–C–C–N with tert-alkyl or cyclic N) is 1. The van der Waals surface area contributed by atoms with Crippen molar-refractivity contribution in [1.82, 2.24) is 9.80 Å². The highest BCUT2D eigenvalue weighted by atomic mass is 16.5. The first-order valence-electron chi connectivity index (χ1n) is 9.45. The van der Waals surface area contributed by atoms with Crippen molar-refractivity contribution in [3.8, 4) is 0 Å². The molecule has 2 bridgehead atoms. The molecule has 4 heteroatoms. The molecule has 2 saturated carbocycles. The average Bonchev–Trinajstić information content (AvgIpc) is 3.15. The summed E-state index contributed by atoms with van der Waals surface area (Å²) >= 11 is 0. The Bertz CT molecular complexity index is 331. The van der Waals surface area contributed by atoms with Crippen molar-refractivity contribution in [2.75, 3.05) is 52.5 Å². The second-order valence-corrected chi connectivity index (χ2v) is 7.69. The molecule has 0 radical (unpaired) electrons. The van der Waals surface area contributed by atoms with Crippen LogP contribution in [0.25, 0.3) is 0 Å². The summed E-state index contributed by atoms with van der Waals surface area (Å²) in [5, 5.41) is 10.1. The fraction of sp³-hybridized carbons (Fsp3) is 1.00. The maximum atomic E-state index is 10.1. The van der Waals surface area contributed by atoms with E-state index >= 15 is 0 Å². The van der Waals surface area contributed by atoms with Gasteiger partial charge in [0, 0.05) is 39.3 Å². The maximum absolute atomic E-state index is 10.1. The van der Waals surface area contributed by atoms with Crippen molar-refractivity contribution < 1.29 is 9.84 Å². The number of hydrogen-bond acceptors (Lipinski definition) is 4. The summed E-state index contributed by atoms with van der Waals surface area (Å²) in [6.07, 6.45) is 6.75. The predicted octanol–water partition coefficient (Wildman–Crippen LogP) is 1.83. The van der Waals surface area contributed by atoms with Crippen LogP contribution in [0, 0.1) is 17.8 Å². The quantitative estimate of drug-likeness (QED) is 0.694. The number of rotatable bonds is 8. The Labute approximate surface area is 135 Å². The zero-order valence-corrected chi connectivity index (χ0v) is 14.3. The van der Waals surface area contributed by atoms with Crippen molar-refractivity contribution >= 4 is 0 Å². The van der Waals surface area contributed by atoms with Gasteiger partial charge in [-0.25, -0.2) is 0 Å². The van der Waals surface area contributed by atoms with Gasteiger partial charge in [0.1, 0.15) is 0 Å². The number of fused-ring (bicyclic) bond motifs is 2. The zero-order chi connectivity index (χ0) is 15.4. The molecule has 0 unspecified atom stereocenters. The molecule has 3 fully saturated rings. The average molecular weight is 310 g/mol. The van der Waals surface area contributed by atoms with Crippen molar-refractivity contribution in [3.05, 3.63) is 0 Å². The van der Waals surface area contributed by atoms with Crippen LogP contribution in [0.1, 0.15) is 39.0 Å². The van der Waals surface area contributed by atoms with E-state index in [2.05, 4.69) is 16.7 Å². The van der Waals surface area contributed by atoms with Crippen LogP contribution >= 0.6 is 0 Å². The lowest BCUT2D eigenvalue weighted by Gasteiger charge is -2.34. The first-order chi connectivity index (χ1) is 10.7. The summed E-state index contributed by atoms with van der Waals surface area (Å²) in [6.45, 7) is 9.90. The maximum Gasteiger partial charge on any atom is 0.0900 e. The minimum atomic E-state index is -0.326. The molecule has 3 rings (SSSR count). The molecule has 0 aromatic heterocycles. The van der Waals surface area contributed by atoms with Crippen LogP contribution in [-0.2, 0) is 4.74 Å². The van der Waals surface area contributed by atoms with E-state index in [0.717, 1.165) is 63.6 Å². The third-order valence-electron chi connectivity index (χ3n) is 6.21. The molecule has 1 aliphatic heterocycles. The van der Waals surface area contributed by atoms with Crippen molar-refractivity contribution in [1.29, 1.82) is 0 Å². The molecule has 1 heterocycles. The molecule has 4 nitrogen and oxygen atoms in total. The number of aliphatic hydroxyl groups is 1. The van der Waals surface area contributed by atoms with E-state index in [-0.39, 0.29) is 6.10 Å². The molecule has 1 N–H and O–H groups in total. The van der Waals surface area contributed by atoms with Gasteiger partial charge in [-0.3, -0.25) is 4.90 Å². The molecule has 22 heavy (non-hydrogen) atoms. The Hall–Kier alpha value is -0.160. The number of hydrogen-bond donors (Lipinski definition) is 1. The van der Waals surface area contributed by atoms with Crippen LogP contribution in [0.3, 0.4) is 0 Å². The van der Waals surface area contributed by atoms with E-state index in [1.54, 1.807) is 0 Å². The van der Waals surface area contributed by atoms with E-state index in [1.165, 1.54) is 32.1 Å². The molecule has 2 aliphatic carbocycles. The third kappa shape index (κ3) is 4.44. The summed E-state index contributed by atoms with van der Waals surface area (Å²) in [4.78, 5) is 4.84. The lowest BCUT2D eigenvalue weighted by Crippen LogP contribution is -2.48. The van der Waals surface area contributed by atoms with Crippen LogP contribution in [0.5, 0.6) is 0 Å². The topological polar surface area (TPSA) is 35.9 Å². The Morgan fingerprint density at radius 3 is 2.50 bits per heavy atom. The standard InChI is InChI=1S/C18H34N2O2/c1-2-19-6-8-20(9-7-19)13-18(21)14-22-10-5-17-12-15-3-4-16(17)11-15/h15-18,21H,2-14H2,1H3/t15-,16-,17-,18+/m0/s1. The summed E-state index contributed by atoms with van der Waals surface area (Å²) in [7, 11) is 0. The van der Waals surface area contributed by atoms with E-state index in [1.807, 2.05) is 0 Å². The largest absolute Gasteiger partial charge is 0.389 e. The fourth-order valence-corrected chi connectivity index (χ4v) is 4.82. The fourth-order valence-electron chi connectivity index (χ4n) is 4.82. The van der Waals surface area contributed by atoms with Crippen molar-refractivity contribution in [3.63, 3.8) is 0 Å². The molecule has 4 atom stereocenters. The summed E-state index contributed by atoms with van der Waals surface area (Å²) in [5.74, 6) is 2.94. The molecule has 3 aliphatic rings. The molecule has 128 valence electrons. The van der Waals surface area contributed by atoms with Crippen LogP contribution in [-0.4, -0.2) is 73.5 Å². The second-order valence-electron chi connectivity index (χ2n) is 7.69. The van der Waals surface area contributed by atoms with E-state index < -0.39 is 0 Å². The molecular formula is C18H34N2O2. The van der Waals surface area contributed by atoms with Crippen molar-refractivity contribution in [2.45, 2.75) is 45.1 Å². The van der Waals surface area contributed by atoms with Gasteiger partial charge < -0.3 is 14.7 Å². The molecule has 0 aromatic carbocycles. The van der Waals surface area contributed by atoms with Gasteiger partial charge in [0.25, 0.3) is 0 Å². The van der Waals surface area contributed by atoms with Crippen LogP contribution < -0.4 is 0 Å². The van der Waals surface area contributed by atoms with Gasteiger partial charge in [-0.1, -0.05) is 13.3 Å². The van der Waals surface area contributed by atoms with E-state index in [0.29, 0.717) is 6.61 Å². The summed E-state index contributed by atoms with van der Waals surface area (Å²) in [5.41, 5.74) is 0. The number of aliphatic hydroxyl groups excluding tert-OH is 1. The van der Waals surface area contributed by atoms with Gasteiger partial charge in [0.2, 0.25) is 0 Å². The first-order valence-corrected chi connectivity index (χ1v) is 9.45. The van der Waals surface area contributed by atoms with Crippen LogP contribution in [0.15, 0.2) is 0 Å². The van der Waals surface area contributed by atoms with Gasteiger partial charge in [0.15, 0.2) is 0 Å². The van der Waals surface area contributed by atoms with Gasteiger partial charge in [-0.2, -0.15) is 0 Å². The Kier molecular flexibility index (Phi) is 6.14. The normalized spacial score (nSPS) is 34.4.